The van der Waals surface area contributed by atoms with Crippen LogP contribution >= 0.6 is 0 Å². The van der Waals surface area contributed by atoms with Gasteiger partial charge >= 0.3 is 6.03 Å². The molecule has 2 amide bonds. The van der Waals surface area contributed by atoms with Crippen molar-refractivity contribution < 1.29 is 9.53 Å². The number of amides is 2. The minimum atomic E-state index is 0.113. The lowest BCUT2D eigenvalue weighted by molar-refractivity contribution is 0.110. The van der Waals surface area contributed by atoms with Crippen LogP contribution in [0.2, 0.25) is 0 Å². The van der Waals surface area contributed by atoms with Crippen LogP contribution in [0.3, 0.4) is 0 Å². The van der Waals surface area contributed by atoms with Crippen LogP contribution in [0.5, 0.6) is 5.75 Å². The molecule has 1 atom stereocenters. The molecule has 2 aliphatic heterocycles. The molecule has 3 heterocycles. The van der Waals surface area contributed by atoms with E-state index in [1.807, 2.05) is 11.8 Å². The molecule has 0 radical (unpaired) electrons. The number of likely N-dealkylation sites (tertiary alicyclic amines) is 1. The van der Waals surface area contributed by atoms with Crippen molar-refractivity contribution in [3.8, 4) is 16.9 Å². The second-order valence-corrected chi connectivity index (χ2v) is 10.4. The molecule has 1 aromatic heterocycles. The third kappa shape index (κ3) is 4.45. The van der Waals surface area contributed by atoms with Crippen LogP contribution in [-0.4, -0.2) is 45.5 Å². The Labute approximate surface area is 218 Å². The third-order valence-corrected chi connectivity index (χ3v) is 7.82. The lowest BCUT2D eigenvalue weighted by Gasteiger charge is -2.39. The summed E-state index contributed by atoms with van der Waals surface area (Å²) in [6.45, 7) is 8.64. The summed E-state index contributed by atoms with van der Waals surface area (Å²) < 4.78 is 6.21. The smallest absolute Gasteiger partial charge is 0.320 e. The number of H-pyrrole nitrogens is 1. The van der Waals surface area contributed by atoms with Crippen LogP contribution in [-0.2, 0) is 6.54 Å². The number of hydrogen-bond donors (Lipinski definition) is 1. The fraction of sp³-hybridized carbons (Fsp3) is 0.355. The van der Waals surface area contributed by atoms with E-state index in [0.717, 1.165) is 70.7 Å². The van der Waals surface area contributed by atoms with Gasteiger partial charge in [0.1, 0.15) is 18.2 Å². The number of nitrogens with one attached hydrogen (secondary N) is 1. The number of piperidine rings is 1. The van der Waals surface area contributed by atoms with Gasteiger partial charge in [0.2, 0.25) is 0 Å². The van der Waals surface area contributed by atoms with Crippen LogP contribution in [0.1, 0.15) is 53.4 Å². The molecule has 0 bridgehead atoms. The normalized spacial score (nSPS) is 17.9. The summed E-state index contributed by atoms with van der Waals surface area (Å²) >= 11 is 0. The molecule has 0 aliphatic carbocycles. The number of aromatic amines is 1. The van der Waals surface area contributed by atoms with Crippen LogP contribution in [0, 0.1) is 20.8 Å². The molecular weight excluding hydrogens is 460 g/mol. The van der Waals surface area contributed by atoms with E-state index in [1.165, 1.54) is 11.1 Å². The van der Waals surface area contributed by atoms with Crippen molar-refractivity contribution in [3.05, 3.63) is 82.7 Å². The average Bonchev–Trinajstić information content (AvgIpc) is 3.13. The Morgan fingerprint density at radius 3 is 2.70 bits per heavy atom. The Morgan fingerprint density at radius 2 is 1.84 bits per heavy atom. The van der Waals surface area contributed by atoms with Gasteiger partial charge in [-0.25, -0.2) is 9.78 Å². The quantitative estimate of drug-likeness (QED) is 0.337. The number of hydrogen-bond acceptors (Lipinski definition) is 3. The lowest BCUT2D eigenvalue weighted by atomic mass is 9.92. The van der Waals surface area contributed by atoms with Crippen molar-refractivity contribution in [1.82, 2.24) is 19.8 Å². The first-order chi connectivity index (χ1) is 18.0. The number of carbonyl (C=O) groups excluding carboxylic acids is 1. The SMILES string of the molecule is Cc1nc2ccc(-c3cc(C)c4c(c3)CN(C(=O)N3CCCCC3c3ccccc3C)CCO4)cc2[nH]1. The van der Waals surface area contributed by atoms with Crippen molar-refractivity contribution in [2.24, 2.45) is 0 Å². The van der Waals surface area contributed by atoms with E-state index in [9.17, 15) is 4.79 Å². The monoisotopic (exact) mass is 494 g/mol. The molecule has 2 aliphatic rings. The summed E-state index contributed by atoms with van der Waals surface area (Å²) in [6.07, 6.45) is 3.21. The fourth-order valence-electron chi connectivity index (χ4n) is 5.99. The van der Waals surface area contributed by atoms with E-state index >= 15 is 0 Å². The molecule has 6 heteroatoms. The zero-order valence-electron chi connectivity index (χ0n) is 21.9. The summed E-state index contributed by atoms with van der Waals surface area (Å²) in [5.74, 6) is 1.82. The molecule has 1 N–H and O–H groups in total. The number of benzene rings is 3. The number of fused-ring (bicyclic) bond motifs is 2. The minimum absolute atomic E-state index is 0.113. The van der Waals surface area contributed by atoms with Gasteiger partial charge in [-0.2, -0.15) is 0 Å². The van der Waals surface area contributed by atoms with Gasteiger partial charge in [0.25, 0.3) is 0 Å². The molecule has 4 aromatic rings. The number of rotatable bonds is 2. The van der Waals surface area contributed by atoms with Gasteiger partial charge in [0, 0.05) is 12.1 Å². The van der Waals surface area contributed by atoms with Gasteiger partial charge in [-0.15, -0.1) is 0 Å². The van der Waals surface area contributed by atoms with Gasteiger partial charge in [0.05, 0.1) is 30.2 Å². The van der Waals surface area contributed by atoms with Crippen molar-refractivity contribution in [2.45, 2.75) is 52.6 Å². The number of imidazole rings is 1. The summed E-state index contributed by atoms with van der Waals surface area (Å²) in [5, 5.41) is 0. The Morgan fingerprint density at radius 1 is 0.973 bits per heavy atom. The topological polar surface area (TPSA) is 61.5 Å². The highest BCUT2D eigenvalue weighted by Crippen LogP contribution is 2.36. The molecule has 190 valence electrons. The van der Waals surface area contributed by atoms with Crippen molar-refractivity contribution in [3.63, 3.8) is 0 Å². The average molecular weight is 495 g/mol. The van der Waals surface area contributed by atoms with Crippen LogP contribution in [0.25, 0.3) is 22.2 Å². The fourth-order valence-corrected chi connectivity index (χ4v) is 5.99. The molecule has 1 unspecified atom stereocenters. The van der Waals surface area contributed by atoms with E-state index in [-0.39, 0.29) is 12.1 Å². The molecule has 37 heavy (non-hydrogen) atoms. The zero-order chi connectivity index (χ0) is 25.5. The molecule has 6 nitrogen and oxygen atoms in total. The molecular formula is C31H34N4O2. The summed E-state index contributed by atoms with van der Waals surface area (Å²) in [6, 6.07) is 19.4. The summed E-state index contributed by atoms with van der Waals surface area (Å²) in [5.41, 5.74) is 8.93. The number of nitrogens with zero attached hydrogens (tertiary/aromatic N) is 3. The number of urea groups is 1. The van der Waals surface area contributed by atoms with Gasteiger partial charge in [0.15, 0.2) is 0 Å². The Kier molecular flexibility index (Phi) is 6.11. The predicted octanol–water partition coefficient (Wildman–Crippen LogP) is 6.70. The van der Waals surface area contributed by atoms with E-state index in [1.54, 1.807) is 0 Å². The second-order valence-electron chi connectivity index (χ2n) is 10.4. The van der Waals surface area contributed by atoms with Crippen molar-refractivity contribution in [2.75, 3.05) is 19.7 Å². The first-order valence-corrected chi connectivity index (χ1v) is 13.3. The summed E-state index contributed by atoms with van der Waals surface area (Å²) in [4.78, 5) is 25.9. The maximum Gasteiger partial charge on any atom is 0.320 e. The number of aromatic nitrogens is 2. The van der Waals surface area contributed by atoms with Gasteiger partial charge in [-0.3, -0.25) is 0 Å². The van der Waals surface area contributed by atoms with E-state index in [4.69, 9.17) is 4.74 Å². The van der Waals surface area contributed by atoms with Gasteiger partial charge in [-0.05, 0) is 92.1 Å². The zero-order valence-corrected chi connectivity index (χ0v) is 21.9. The molecule has 0 spiro atoms. The largest absolute Gasteiger partial charge is 0.491 e. The maximum absolute atomic E-state index is 14.0. The molecule has 1 saturated heterocycles. The van der Waals surface area contributed by atoms with Crippen molar-refractivity contribution in [1.29, 1.82) is 0 Å². The van der Waals surface area contributed by atoms with Gasteiger partial charge in [-0.1, -0.05) is 30.3 Å². The number of aryl methyl sites for hydroxylation is 3. The Balaban J connectivity index is 1.31. The summed E-state index contributed by atoms with van der Waals surface area (Å²) in [7, 11) is 0. The standard InChI is InChI=1S/C31H34N4O2/c1-20-8-4-5-9-26(20)29-10-6-7-13-35(29)31(36)34-14-15-37-30-21(2)16-24(17-25(30)19-34)23-11-12-27-28(18-23)33-22(3)32-27/h4-5,8-9,11-12,16-18,29H,6-7,10,13-15,19H2,1-3H3,(H,32,33). The van der Waals surface area contributed by atoms with Crippen LogP contribution < -0.4 is 4.74 Å². The third-order valence-electron chi connectivity index (χ3n) is 7.82. The van der Waals surface area contributed by atoms with Crippen LogP contribution in [0.15, 0.2) is 54.6 Å². The van der Waals surface area contributed by atoms with Crippen LogP contribution in [0.4, 0.5) is 4.79 Å². The first-order valence-electron chi connectivity index (χ1n) is 13.3. The first kappa shape index (κ1) is 23.6. The molecule has 3 aromatic carbocycles. The van der Waals surface area contributed by atoms with E-state index in [2.05, 4.69) is 83.3 Å². The lowest BCUT2D eigenvalue weighted by Crippen LogP contribution is -2.47. The van der Waals surface area contributed by atoms with Crippen molar-refractivity contribution >= 4 is 17.1 Å². The van der Waals surface area contributed by atoms with E-state index in [0.29, 0.717) is 19.7 Å². The maximum atomic E-state index is 14.0. The number of carbonyl (C=O) groups is 1. The highest BCUT2D eigenvalue weighted by molar-refractivity contribution is 5.83. The Hall–Kier alpha value is -3.80. The molecule has 1 fully saturated rings. The second kappa shape index (κ2) is 9.58. The molecule has 0 saturated carbocycles. The number of ether oxygens (including phenoxy) is 1. The highest BCUT2D eigenvalue weighted by atomic mass is 16.5. The molecule has 6 rings (SSSR count). The van der Waals surface area contributed by atoms with E-state index < -0.39 is 0 Å². The minimum Gasteiger partial charge on any atom is -0.491 e. The predicted molar refractivity (Wildman–Crippen MR) is 147 cm³/mol. The van der Waals surface area contributed by atoms with Gasteiger partial charge < -0.3 is 19.5 Å². The Bertz CT molecular complexity index is 1470. The highest BCUT2D eigenvalue weighted by Gasteiger charge is 2.33.